The molecular weight excluding hydrogens is 286 g/mol. The lowest BCUT2D eigenvalue weighted by Crippen LogP contribution is -2.40. The first-order valence-corrected chi connectivity index (χ1v) is 7.41. The lowest BCUT2D eigenvalue weighted by Gasteiger charge is -2.23. The summed E-state index contributed by atoms with van der Waals surface area (Å²) in [5, 5.41) is 9.08. The van der Waals surface area contributed by atoms with Crippen molar-refractivity contribution in [2.45, 2.75) is 26.3 Å². The van der Waals surface area contributed by atoms with E-state index in [1.807, 2.05) is 6.92 Å². The standard InChI is InChI=1S/C16H21NO5/c1-3-21-12-4-6-13(7-5-12)22-10-15(18)17-9-8-14(11(17)2)16(19)20/h4-7,11,14H,3,8-10H2,1-2H3,(H,19,20). The van der Waals surface area contributed by atoms with Gasteiger partial charge in [0, 0.05) is 12.6 Å². The van der Waals surface area contributed by atoms with Gasteiger partial charge in [0.25, 0.3) is 5.91 Å². The molecule has 0 saturated carbocycles. The minimum absolute atomic E-state index is 0.0926. The highest BCUT2D eigenvalue weighted by atomic mass is 16.5. The van der Waals surface area contributed by atoms with Crippen LogP contribution >= 0.6 is 0 Å². The number of rotatable bonds is 6. The molecule has 0 radical (unpaired) electrons. The van der Waals surface area contributed by atoms with E-state index in [1.165, 1.54) is 0 Å². The summed E-state index contributed by atoms with van der Waals surface area (Å²) in [6, 6.07) is 6.75. The monoisotopic (exact) mass is 307 g/mol. The Kier molecular flexibility index (Phi) is 5.25. The molecule has 1 N–H and O–H groups in total. The molecule has 0 bridgehead atoms. The zero-order valence-electron chi connectivity index (χ0n) is 12.8. The second-order valence-electron chi connectivity index (χ2n) is 5.25. The van der Waals surface area contributed by atoms with Crippen LogP contribution in [0.4, 0.5) is 0 Å². The highest BCUT2D eigenvalue weighted by Crippen LogP contribution is 2.24. The summed E-state index contributed by atoms with van der Waals surface area (Å²) >= 11 is 0. The van der Waals surface area contributed by atoms with Crippen LogP contribution in [0, 0.1) is 5.92 Å². The summed E-state index contributed by atoms with van der Waals surface area (Å²) in [5.41, 5.74) is 0. The summed E-state index contributed by atoms with van der Waals surface area (Å²) in [6.45, 7) is 4.63. The fraction of sp³-hybridized carbons (Fsp3) is 0.500. The fourth-order valence-corrected chi connectivity index (χ4v) is 2.65. The highest BCUT2D eigenvalue weighted by Gasteiger charge is 2.38. The number of aliphatic carboxylic acids is 1. The summed E-state index contributed by atoms with van der Waals surface area (Å²) in [5.74, 6) is -0.202. The van der Waals surface area contributed by atoms with Gasteiger partial charge in [0.1, 0.15) is 11.5 Å². The quantitative estimate of drug-likeness (QED) is 0.867. The number of hydrogen-bond acceptors (Lipinski definition) is 4. The van der Waals surface area contributed by atoms with Crippen LogP contribution in [-0.2, 0) is 9.59 Å². The van der Waals surface area contributed by atoms with Gasteiger partial charge in [0.2, 0.25) is 0 Å². The molecule has 0 spiro atoms. The molecule has 1 aliphatic heterocycles. The Hall–Kier alpha value is -2.24. The van der Waals surface area contributed by atoms with Crippen LogP contribution in [0.5, 0.6) is 11.5 Å². The number of benzene rings is 1. The average molecular weight is 307 g/mol. The molecule has 120 valence electrons. The molecule has 1 aromatic rings. The van der Waals surface area contributed by atoms with E-state index in [0.29, 0.717) is 25.3 Å². The molecule has 1 amide bonds. The molecule has 1 saturated heterocycles. The van der Waals surface area contributed by atoms with Gasteiger partial charge in [0.15, 0.2) is 6.61 Å². The van der Waals surface area contributed by atoms with Gasteiger partial charge in [-0.3, -0.25) is 9.59 Å². The number of carboxylic acid groups (broad SMARTS) is 1. The van der Waals surface area contributed by atoms with Gasteiger partial charge < -0.3 is 19.5 Å². The summed E-state index contributed by atoms with van der Waals surface area (Å²) in [7, 11) is 0. The van der Waals surface area contributed by atoms with E-state index in [2.05, 4.69) is 0 Å². The smallest absolute Gasteiger partial charge is 0.308 e. The van der Waals surface area contributed by atoms with Crippen molar-refractivity contribution in [1.82, 2.24) is 4.90 Å². The van der Waals surface area contributed by atoms with Crippen molar-refractivity contribution in [2.24, 2.45) is 5.92 Å². The molecule has 1 heterocycles. The fourth-order valence-electron chi connectivity index (χ4n) is 2.65. The van der Waals surface area contributed by atoms with Gasteiger partial charge in [-0.25, -0.2) is 0 Å². The van der Waals surface area contributed by atoms with Crippen molar-refractivity contribution in [3.63, 3.8) is 0 Å². The van der Waals surface area contributed by atoms with Crippen LogP contribution in [0.15, 0.2) is 24.3 Å². The maximum absolute atomic E-state index is 12.1. The predicted octanol–water partition coefficient (Wildman–Crippen LogP) is 1.79. The summed E-state index contributed by atoms with van der Waals surface area (Å²) in [6.07, 6.45) is 0.491. The third kappa shape index (κ3) is 3.69. The predicted molar refractivity (Wildman–Crippen MR) is 80.0 cm³/mol. The van der Waals surface area contributed by atoms with Crippen LogP contribution in [0.2, 0.25) is 0 Å². The molecule has 2 unspecified atom stereocenters. The molecule has 0 aliphatic carbocycles. The first-order chi connectivity index (χ1) is 10.5. The SMILES string of the molecule is CCOc1ccc(OCC(=O)N2CCC(C(=O)O)C2C)cc1. The molecule has 22 heavy (non-hydrogen) atoms. The minimum Gasteiger partial charge on any atom is -0.494 e. The Morgan fingerprint density at radius 2 is 1.82 bits per heavy atom. The lowest BCUT2D eigenvalue weighted by atomic mass is 10.0. The Morgan fingerprint density at radius 1 is 1.23 bits per heavy atom. The Bertz CT molecular complexity index is 528. The van der Waals surface area contributed by atoms with Crippen LogP contribution in [0.1, 0.15) is 20.3 Å². The molecule has 6 heteroatoms. The average Bonchev–Trinajstić information content (AvgIpc) is 2.88. The van der Waals surface area contributed by atoms with Gasteiger partial charge in [-0.2, -0.15) is 0 Å². The van der Waals surface area contributed by atoms with Gasteiger partial charge in [-0.15, -0.1) is 0 Å². The normalized spacial score (nSPS) is 20.7. The molecule has 2 atom stereocenters. The maximum Gasteiger partial charge on any atom is 0.308 e. The van der Waals surface area contributed by atoms with E-state index in [0.717, 1.165) is 5.75 Å². The van der Waals surface area contributed by atoms with Crippen LogP contribution in [-0.4, -0.2) is 47.7 Å². The number of carbonyl (C=O) groups is 2. The van der Waals surface area contributed by atoms with Crippen LogP contribution in [0.25, 0.3) is 0 Å². The number of carbonyl (C=O) groups excluding carboxylic acids is 1. The number of ether oxygens (including phenoxy) is 2. The van der Waals surface area contributed by atoms with Gasteiger partial charge in [0.05, 0.1) is 12.5 Å². The summed E-state index contributed by atoms with van der Waals surface area (Å²) in [4.78, 5) is 24.8. The van der Waals surface area contributed by atoms with Crippen molar-refractivity contribution in [1.29, 1.82) is 0 Å². The second kappa shape index (κ2) is 7.15. The van der Waals surface area contributed by atoms with Gasteiger partial charge >= 0.3 is 5.97 Å². The minimum atomic E-state index is -0.852. The molecule has 1 aliphatic rings. The van der Waals surface area contributed by atoms with Crippen molar-refractivity contribution < 1.29 is 24.2 Å². The molecule has 1 aromatic carbocycles. The Morgan fingerprint density at radius 3 is 2.32 bits per heavy atom. The number of hydrogen-bond donors (Lipinski definition) is 1. The van der Waals surface area contributed by atoms with E-state index in [9.17, 15) is 9.59 Å². The molecule has 2 rings (SSSR count). The van der Waals surface area contributed by atoms with E-state index >= 15 is 0 Å². The van der Waals surface area contributed by atoms with Gasteiger partial charge in [-0.1, -0.05) is 0 Å². The first kappa shape index (κ1) is 16.1. The largest absolute Gasteiger partial charge is 0.494 e. The zero-order chi connectivity index (χ0) is 16.1. The van der Waals surface area contributed by atoms with E-state index in [4.69, 9.17) is 14.6 Å². The highest BCUT2D eigenvalue weighted by molar-refractivity contribution is 5.80. The zero-order valence-corrected chi connectivity index (χ0v) is 12.8. The van der Waals surface area contributed by atoms with E-state index < -0.39 is 11.9 Å². The third-order valence-electron chi connectivity index (χ3n) is 3.89. The summed E-state index contributed by atoms with van der Waals surface area (Å²) < 4.78 is 10.8. The molecular formula is C16H21NO5. The van der Waals surface area contributed by atoms with Crippen molar-refractivity contribution in [3.05, 3.63) is 24.3 Å². The number of carboxylic acids is 1. The van der Waals surface area contributed by atoms with Crippen LogP contribution in [0.3, 0.4) is 0 Å². The molecule has 0 aromatic heterocycles. The van der Waals surface area contributed by atoms with Gasteiger partial charge in [-0.05, 0) is 44.5 Å². The number of likely N-dealkylation sites (tertiary alicyclic amines) is 1. The van der Waals surface area contributed by atoms with E-state index in [-0.39, 0.29) is 18.6 Å². The second-order valence-corrected chi connectivity index (χ2v) is 5.25. The maximum atomic E-state index is 12.1. The molecule has 6 nitrogen and oxygen atoms in total. The number of amides is 1. The first-order valence-electron chi connectivity index (χ1n) is 7.41. The lowest BCUT2D eigenvalue weighted by molar-refractivity contribution is -0.143. The van der Waals surface area contributed by atoms with Crippen molar-refractivity contribution in [3.8, 4) is 11.5 Å². The third-order valence-corrected chi connectivity index (χ3v) is 3.89. The number of nitrogens with zero attached hydrogens (tertiary/aromatic N) is 1. The van der Waals surface area contributed by atoms with Crippen LogP contribution < -0.4 is 9.47 Å². The van der Waals surface area contributed by atoms with Crippen molar-refractivity contribution in [2.75, 3.05) is 19.8 Å². The van der Waals surface area contributed by atoms with E-state index in [1.54, 1.807) is 36.1 Å². The molecule has 1 fully saturated rings. The topological polar surface area (TPSA) is 76.1 Å². The Labute approximate surface area is 129 Å². The van der Waals surface area contributed by atoms with Crippen molar-refractivity contribution >= 4 is 11.9 Å². The Balaban J connectivity index is 1.86.